The number of allylic oxidation sites excluding steroid dienone is 1. The van der Waals surface area contributed by atoms with Gasteiger partial charge in [0.25, 0.3) is 0 Å². The smallest absolute Gasteiger partial charge is 0.466 e. The van der Waals surface area contributed by atoms with Crippen LogP contribution in [0.3, 0.4) is 0 Å². The fraction of sp³-hybridized carbons (Fsp3) is 0.545. The monoisotopic (exact) mass is 403 g/mol. The zero-order valence-electron chi connectivity index (χ0n) is 11.2. The van der Waals surface area contributed by atoms with Crippen molar-refractivity contribution in [2.75, 3.05) is 7.11 Å². The first-order valence-electron chi connectivity index (χ1n) is 5.41. The molecule has 0 amide bonds. The Balaban J connectivity index is 0.00000400. The van der Waals surface area contributed by atoms with Crippen molar-refractivity contribution in [3.05, 3.63) is 25.2 Å². The summed E-state index contributed by atoms with van der Waals surface area (Å²) >= 11 is 0. The van der Waals surface area contributed by atoms with Crippen molar-refractivity contribution in [1.82, 2.24) is 0 Å². The molecule has 0 aromatic rings. The summed E-state index contributed by atoms with van der Waals surface area (Å²) in [6, 6.07) is 0. The molecular formula is C11H13F3O5SY-2. The van der Waals surface area contributed by atoms with Gasteiger partial charge in [-0.3, -0.25) is 5.41 Å². The van der Waals surface area contributed by atoms with Crippen LogP contribution < -0.4 is 0 Å². The van der Waals surface area contributed by atoms with Crippen LogP contribution >= 0.6 is 0 Å². The summed E-state index contributed by atoms with van der Waals surface area (Å²) in [5.41, 5.74) is -6.79. The minimum atomic E-state index is -5.84. The van der Waals surface area contributed by atoms with Crippen LogP contribution in [0.1, 0.15) is 19.3 Å². The van der Waals surface area contributed by atoms with Crippen LogP contribution in [0, 0.1) is 19.3 Å². The molecule has 0 spiro atoms. The van der Waals surface area contributed by atoms with Gasteiger partial charge in [-0.2, -0.15) is 21.6 Å². The summed E-state index contributed by atoms with van der Waals surface area (Å²) in [6.07, 6.45) is -0.0501. The van der Waals surface area contributed by atoms with E-state index in [1.807, 2.05) is 0 Å². The van der Waals surface area contributed by atoms with Crippen LogP contribution in [-0.2, 0) is 56.5 Å². The summed E-state index contributed by atoms with van der Waals surface area (Å²) in [5, 5.41) is 0. The Hall–Kier alpha value is -0.146. The summed E-state index contributed by atoms with van der Waals surface area (Å²) in [7, 11) is -4.81. The van der Waals surface area contributed by atoms with Gasteiger partial charge in [0.15, 0.2) is 0 Å². The number of esters is 1. The third-order valence-corrected chi connectivity index (χ3v) is 3.69. The van der Waals surface area contributed by atoms with Crippen molar-refractivity contribution >= 4 is 16.1 Å². The minimum absolute atomic E-state index is 0. The van der Waals surface area contributed by atoms with Gasteiger partial charge in [-0.25, -0.2) is 4.79 Å². The molecule has 1 rings (SSSR count). The molecule has 0 atom stereocenters. The van der Waals surface area contributed by atoms with E-state index in [1.165, 1.54) is 0 Å². The standard InChI is InChI=1S/C11H13F3O5S.Y/c1-10(2)5-4-7(9(15)18-3)8(6-10)19-20(16,17)11(12,13)14;/h1-2,4-6H2,3H3;/q-2;. The largest absolute Gasteiger partial charge is 0.534 e. The number of ether oxygens (including phenoxy) is 1. The molecule has 5 nitrogen and oxygen atoms in total. The van der Waals surface area contributed by atoms with Crippen LogP contribution in [0.25, 0.3) is 0 Å². The third kappa shape index (κ3) is 5.21. The first-order valence-corrected chi connectivity index (χ1v) is 6.82. The zero-order chi connectivity index (χ0) is 15.8. The zero-order valence-corrected chi connectivity index (χ0v) is 14.9. The molecule has 0 fully saturated rings. The van der Waals surface area contributed by atoms with E-state index in [0.29, 0.717) is 0 Å². The van der Waals surface area contributed by atoms with Crippen LogP contribution in [0.5, 0.6) is 0 Å². The number of rotatable bonds is 3. The molecule has 0 N–H and O–H groups in total. The van der Waals surface area contributed by atoms with E-state index in [-0.39, 0.29) is 57.5 Å². The molecule has 1 radical (unpaired) electrons. The third-order valence-electron chi connectivity index (χ3n) is 2.70. The maximum atomic E-state index is 12.3. The molecule has 1 aliphatic rings. The van der Waals surface area contributed by atoms with Gasteiger partial charge < -0.3 is 22.8 Å². The number of halogens is 3. The van der Waals surface area contributed by atoms with Crippen LogP contribution in [0.15, 0.2) is 11.3 Å². The summed E-state index contributed by atoms with van der Waals surface area (Å²) in [6.45, 7) is 7.28. The average Bonchev–Trinajstić information content (AvgIpc) is 2.25. The van der Waals surface area contributed by atoms with E-state index < -0.39 is 32.8 Å². The maximum Gasteiger partial charge on any atom is 0.534 e. The molecule has 119 valence electrons. The number of alkyl halides is 3. The fourth-order valence-corrected chi connectivity index (χ4v) is 2.18. The summed E-state index contributed by atoms with van der Waals surface area (Å²) < 4.78 is 67.4. The molecule has 0 aliphatic heterocycles. The normalized spacial score (nSPS) is 18.8. The second kappa shape index (κ2) is 6.96. The molecule has 21 heavy (non-hydrogen) atoms. The topological polar surface area (TPSA) is 69.7 Å². The Morgan fingerprint density at radius 1 is 1.33 bits per heavy atom. The van der Waals surface area contributed by atoms with Crippen LogP contribution in [0.4, 0.5) is 13.2 Å². The first-order chi connectivity index (χ1) is 8.89. The van der Waals surface area contributed by atoms with Crippen molar-refractivity contribution in [2.45, 2.75) is 24.8 Å². The molecule has 10 heteroatoms. The van der Waals surface area contributed by atoms with Crippen LogP contribution in [-0.4, -0.2) is 27.0 Å². The van der Waals surface area contributed by atoms with Crippen molar-refractivity contribution in [1.29, 1.82) is 0 Å². The molecule has 0 saturated carbocycles. The molecule has 0 unspecified atom stereocenters. The van der Waals surface area contributed by atoms with Gasteiger partial charge in [-0.1, -0.05) is 6.42 Å². The SMILES string of the molecule is [CH2-]C1([CH2-])CCC(C(=O)OC)=C(OS(=O)(=O)C(F)(F)F)C1.[Y]. The van der Waals surface area contributed by atoms with Gasteiger partial charge in [0.05, 0.1) is 12.7 Å². The predicted octanol–water partition coefficient (Wildman–Crippen LogP) is 2.12. The minimum Gasteiger partial charge on any atom is -0.466 e. The summed E-state index contributed by atoms with van der Waals surface area (Å²) in [5.74, 6) is -1.56. The van der Waals surface area contributed by atoms with E-state index in [4.69, 9.17) is 0 Å². The first kappa shape index (κ1) is 20.9. The van der Waals surface area contributed by atoms with E-state index in [0.717, 1.165) is 7.11 Å². The molecule has 1 aliphatic carbocycles. The maximum absolute atomic E-state index is 12.3. The quantitative estimate of drug-likeness (QED) is 0.313. The predicted molar refractivity (Wildman–Crippen MR) is 62.1 cm³/mol. The second-order valence-corrected chi connectivity index (χ2v) is 6.09. The molecule has 0 saturated heterocycles. The van der Waals surface area contributed by atoms with Crippen LogP contribution in [0.2, 0.25) is 0 Å². The average molecular weight is 403 g/mol. The van der Waals surface area contributed by atoms with Crippen molar-refractivity contribution < 1.29 is 68.0 Å². The molecule has 0 bridgehead atoms. The van der Waals surface area contributed by atoms with Gasteiger partial charge in [0, 0.05) is 32.7 Å². The van der Waals surface area contributed by atoms with Gasteiger partial charge in [0.1, 0.15) is 5.76 Å². The Bertz CT molecular complexity index is 537. The number of hydrogen-bond acceptors (Lipinski definition) is 5. The number of methoxy groups -OCH3 is 1. The van der Waals surface area contributed by atoms with Gasteiger partial charge in [-0.05, 0) is 12.8 Å². The van der Waals surface area contributed by atoms with Gasteiger partial charge in [-0.15, -0.1) is 0 Å². The molecule has 0 heterocycles. The number of carbonyl (C=O) groups is 1. The van der Waals surface area contributed by atoms with E-state index >= 15 is 0 Å². The van der Waals surface area contributed by atoms with Gasteiger partial charge >= 0.3 is 21.6 Å². The van der Waals surface area contributed by atoms with Crippen molar-refractivity contribution in [3.8, 4) is 0 Å². The Kier molecular flexibility index (Phi) is 6.91. The Morgan fingerprint density at radius 3 is 2.29 bits per heavy atom. The molecule has 0 aromatic heterocycles. The summed E-state index contributed by atoms with van der Waals surface area (Å²) in [4.78, 5) is 11.4. The van der Waals surface area contributed by atoms with E-state index in [2.05, 4.69) is 22.8 Å². The van der Waals surface area contributed by atoms with Crippen molar-refractivity contribution in [2.24, 2.45) is 5.41 Å². The van der Waals surface area contributed by atoms with E-state index in [9.17, 15) is 26.4 Å². The second-order valence-electron chi connectivity index (χ2n) is 4.55. The fourth-order valence-electron chi connectivity index (χ4n) is 1.66. The Labute approximate surface area is 146 Å². The van der Waals surface area contributed by atoms with Crippen molar-refractivity contribution in [3.63, 3.8) is 0 Å². The number of carbonyl (C=O) groups excluding carboxylic acids is 1. The molecular weight excluding hydrogens is 390 g/mol. The molecule has 0 aromatic carbocycles. The van der Waals surface area contributed by atoms with Gasteiger partial charge in [0.2, 0.25) is 0 Å². The number of hydrogen-bond donors (Lipinski definition) is 0. The van der Waals surface area contributed by atoms with E-state index in [1.54, 1.807) is 0 Å². The Morgan fingerprint density at radius 2 is 1.86 bits per heavy atom.